The van der Waals surface area contributed by atoms with Crippen LogP contribution in [0.4, 0.5) is 5.13 Å². The molecule has 0 saturated heterocycles. The second-order valence-electron chi connectivity index (χ2n) is 7.71. The van der Waals surface area contributed by atoms with E-state index in [1.807, 2.05) is 0 Å². The first-order valence-electron chi connectivity index (χ1n) is 10.6. The van der Waals surface area contributed by atoms with E-state index in [0.29, 0.717) is 33.4 Å². The maximum Gasteiger partial charge on any atom is 0.296 e. The van der Waals surface area contributed by atoms with Crippen LogP contribution < -0.4 is 19.1 Å². The van der Waals surface area contributed by atoms with E-state index in [1.165, 1.54) is 49.9 Å². The van der Waals surface area contributed by atoms with Gasteiger partial charge in [0.15, 0.2) is 28.1 Å². The number of carbonyl (C=O) groups is 2. The van der Waals surface area contributed by atoms with Crippen molar-refractivity contribution in [2.45, 2.75) is 6.04 Å². The van der Waals surface area contributed by atoms with E-state index in [9.17, 15) is 14.7 Å². The summed E-state index contributed by atoms with van der Waals surface area (Å²) in [5.41, 5.74) is 0.872. The number of fused-ring (bicyclic) bond motifs is 1. The molecule has 1 aliphatic heterocycles. The van der Waals surface area contributed by atoms with Gasteiger partial charge in [0.2, 0.25) is 11.5 Å². The molecule has 1 N–H and O–H groups in total. The number of hydrogen-bond donors (Lipinski definition) is 1. The number of anilines is 1. The van der Waals surface area contributed by atoms with Crippen molar-refractivity contribution < 1.29 is 33.3 Å². The highest BCUT2D eigenvalue weighted by Gasteiger charge is 2.47. The number of amides is 1. The van der Waals surface area contributed by atoms with Gasteiger partial charge in [0.25, 0.3) is 5.91 Å². The number of Topliss-reactive ketones (excluding diaryl/α,β-unsaturated/α-hetero) is 1. The van der Waals surface area contributed by atoms with E-state index in [2.05, 4.69) is 4.98 Å². The number of thiazole rings is 1. The molecule has 184 valence electrons. The summed E-state index contributed by atoms with van der Waals surface area (Å²) in [7, 11) is 4.38. The maximum atomic E-state index is 13.5. The number of halogens is 1. The van der Waals surface area contributed by atoms with Crippen LogP contribution in [0, 0.1) is 0 Å². The monoisotopic (exact) mass is 526 g/mol. The molecule has 1 amide bonds. The first kappa shape index (κ1) is 23.7. The van der Waals surface area contributed by atoms with Gasteiger partial charge < -0.3 is 23.7 Å². The lowest BCUT2D eigenvalue weighted by molar-refractivity contribution is -0.117. The number of furan rings is 1. The molecule has 1 unspecified atom stereocenters. The van der Waals surface area contributed by atoms with Gasteiger partial charge in [-0.25, -0.2) is 4.98 Å². The largest absolute Gasteiger partial charge is 0.503 e. The second-order valence-corrected chi connectivity index (χ2v) is 9.16. The summed E-state index contributed by atoms with van der Waals surface area (Å²) in [5, 5.41) is 11.7. The van der Waals surface area contributed by atoms with E-state index < -0.39 is 23.5 Å². The van der Waals surface area contributed by atoms with Crippen molar-refractivity contribution in [2.24, 2.45) is 0 Å². The molecular weight excluding hydrogens is 508 g/mol. The predicted molar refractivity (Wildman–Crippen MR) is 134 cm³/mol. The van der Waals surface area contributed by atoms with Crippen molar-refractivity contribution in [1.29, 1.82) is 0 Å². The van der Waals surface area contributed by atoms with Crippen LogP contribution in [0.15, 0.2) is 64.5 Å². The number of nitrogens with zero attached hydrogens (tertiary/aromatic N) is 2. The van der Waals surface area contributed by atoms with Crippen LogP contribution in [-0.4, -0.2) is 43.1 Å². The van der Waals surface area contributed by atoms with Crippen molar-refractivity contribution in [3.8, 4) is 17.2 Å². The molecule has 0 radical (unpaired) electrons. The third kappa shape index (κ3) is 3.75. The fraction of sp³-hybridized carbons (Fsp3) is 0.160. The van der Waals surface area contributed by atoms with Crippen molar-refractivity contribution in [3.05, 3.63) is 76.4 Å². The van der Waals surface area contributed by atoms with E-state index in [-0.39, 0.29) is 16.5 Å². The van der Waals surface area contributed by atoms with Crippen molar-refractivity contribution in [1.82, 2.24) is 4.98 Å². The van der Waals surface area contributed by atoms with E-state index in [0.717, 1.165) is 4.70 Å². The number of rotatable bonds is 7. The van der Waals surface area contributed by atoms with Crippen LogP contribution >= 0.6 is 22.9 Å². The van der Waals surface area contributed by atoms with Gasteiger partial charge in [0, 0.05) is 5.02 Å². The van der Waals surface area contributed by atoms with Gasteiger partial charge in [-0.3, -0.25) is 14.5 Å². The van der Waals surface area contributed by atoms with E-state index >= 15 is 0 Å². The van der Waals surface area contributed by atoms with Crippen molar-refractivity contribution >= 4 is 50.0 Å². The number of ketones is 1. The SMILES string of the molecule is COc1cc(C2C(C(=O)c3ccco3)=C(O)C(=O)N2c2nc3ccc(Cl)cc3s2)cc(OC)c1OC. The highest BCUT2D eigenvalue weighted by atomic mass is 35.5. The number of benzene rings is 2. The highest BCUT2D eigenvalue weighted by Crippen LogP contribution is 2.48. The molecule has 0 spiro atoms. The zero-order valence-electron chi connectivity index (χ0n) is 19.3. The number of aliphatic hydroxyl groups excluding tert-OH is 1. The summed E-state index contributed by atoms with van der Waals surface area (Å²) < 4.78 is 22.4. The molecule has 11 heteroatoms. The Morgan fingerprint density at radius 3 is 2.44 bits per heavy atom. The van der Waals surface area contributed by atoms with Gasteiger partial charge in [-0.15, -0.1) is 0 Å². The van der Waals surface area contributed by atoms with Crippen LogP contribution in [0.5, 0.6) is 17.2 Å². The molecule has 0 fully saturated rings. The molecule has 36 heavy (non-hydrogen) atoms. The molecule has 9 nitrogen and oxygen atoms in total. The fourth-order valence-electron chi connectivity index (χ4n) is 4.14. The molecule has 0 bridgehead atoms. The van der Waals surface area contributed by atoms with Gasteiger partial charge >= 0.3 is 0 Å². The zero-order valence-corrected chi connectivity index (χ0v) is 20.8. The summed E-state index contributed by atoms with van der Waals surface area (Å²) in [4.78, 5) is 32.7. The molecule has 5 rings (SSSR count). The van der Waals surface area contributed by atoms with E-state index in [4.69, 9.17) is 30.2 Å². The number of hydrogen-bond acceptors (Lipinski definition) is 9. The topological polar surface area (TPSA) is 111 Å². The van der Waals surface area contributed by atoms with Crippen molar-refractivity contribution in [2.75, 3.05) is 26.2 Å². The van der Waals surface area contributed by atoms with Gasteiger partial charge in [-0.2, -0.15) is 0 Å². The molecule has 0 saturated carbocycles. The lowest BCUT2D eigenvalue weighted by atomic mass is 9.94. The Labute approximate surface area is 214 Å². The first-order chi connectivity index (χ1) is 17.4. The number of carbonyl (C=O) groups excluding carboxylic acids is 2. The Kier molecular flexibility index (Phi) is 6.07. The van der Waals surface area contributed by atoms with Gasteiger partial charge in [0.05, 0.1) is 49.4 Å². The summed E-state index contributed by atoms with van der Waals surface area (Å²) in [6.45, 7) is 0. The van der Waals surface area contributed by atoms with Crippen LogP contribution in [0.25, 0.3) is 10.2 Å². The minimum absolute atomic E-state index is 0.0280. The zero-order chi connectivity index (χ0) is 25.6. The third-order valence-electron chi connectivity index (χ3n) is 5.75. The Balaban J connectivity index is 1.74. The summed E-state index contributed by atoms with van der Waals surface area (Å²) >= 11 is 7.34. The van der Waals surface area contributed by atoms with Crippen LogP contribution in [-0.2, 0) is 4.79 Å². The first-order valence-corrected chi connectivity index (χ1v) is 11.8. The predicted octanol–water partition coefficient (Wildman–Crippen LogP) is 5.35. The second kappa shape index (κ2) is 9.21. The molecule has 0 aliphatic carbocycles. The minimum atomic E-state index is -1.07. The third-order valence-corrected chi connectivity index (χ3v) is 7.00. The Bertz CT molecular complexity index is 1500. The standard InChI is InChI=1S/C25H19ClN2O7S/c1-32-16-9-12(10-17(33-2)23(16)34-3)20-19(21(29)15-5-4-8-35-15)22(30)24(31)28(20)25-27-14-7-6-13(26)11-18(14)36-25/h4-11,20,30H,1-3H3. The van der Waals surface area contributed by atoms with Crippen LogP contribution in [0.1, 0.15) is 22.2 Å². The molecule has 2 aromatic heterocycles. The summed E-state index contributed by atoms with van der Waals surface area (Å²) in [6.07, 6.45) is 1.34. The quantitative estimate of drug-likeness (QED) is 0.321. The van der Waals surface area contributed by atoms with E-state index in [1.54, 1.807) is 36.4 Å². The molecular formula is C25H19ClN2O7S. The van der Waals surface area contributed by atoms with Crippen molar-refractivity contribution in [3.63, 3.8) is 0 Å². The highest BCUT2D eigenvalue weighted by molar-refractivity contribution is 7.22. The molecule has 1 aliphatic rings. The average Bonchev–Trinajstić information content (AvgIpc) is 3.61. The molecule has 1 atom stereocenters. The van der Waals surface area contributed by atoms with Crippen LogP contribution in [0.2, 0.25) is 5.02 Å². The number of ether oxygens (including phenoxy) is 3. The Hall–Kier alpha value is -4.02. The maximum absolute atomic E-state index is 13.5. The lowest BCUT2D eigenvalue weighted by Gasteiger charge is -2.25. The average molecular weight is 527 g/mol. The Morgan fingerprint density at radius 1 is 1.11 bits per heavy atom. The van der Waals surface area contributed by atoms with Gasteiger partial charge in [-0.1, -0.05) is 22.9 Å². The molecule has 4 aromatic rings. The summed E-state index contributed by atoms with van der Waals surface area (Å²) in [6, 6.07) is 10.3. The Morgan fingerprint density at radius 2 is 1.83 bits per heavy atom. The normalized spacial score (nSPS) is 15.6. The molecule has 2 aromatic carbocycles. The number of aromatic nitrogens is 1. The number of methoxy groups -OCH3 is 3. The minimum Gasteiger partial charge on any atom is -0.503 e. The van der Waals surface area contributed by atoms with Crippen LogP contribution in [0.3, 0.4) is 0 Å². The van der Waals surface area contributed by atoms with Gasteiger partial charge in [0.1, 0.15) is 0 Å². The fourth-order valence-corrected chi connectivity index (χ4v) is 5.41. The van der Waals surface area contributed by atoms with Gasteiger partial charge in [-0.05, 0) is 48.0 Å². The lowest BCUT2D eigenvalue weighted by Crippen LogP contribution is -2.31. The summed E-state index contributed by atoms with van der Waals surface area (Å²) in [5.74, 6) is -1.20. The number of aliphatic hydroxyl groups is 1. The molecule has 3 heterocycles. The smallest absolute Gasteiger partial charge is 0.296 e.